The number of thiazole rings is 1. The Labute approximate surface area is 115 Å². The van der Waals surface area contributed by atoms with Gasteiger partial charge in [0.1, 0.15) is 18.1 Å². The summed E-state index contributed by atoms with van der Waals surface area (Å²) in [5.41, 5.74) is 5.39. The number of rotatable bonds is 1. The molecular weight excluding hydrogens is 252 g/mol. The zero-order chi connectivity index (χ0) is 12.7. The molecule has 1 aromatic carbocycles. The SMILES string of the molecule is C(=C1\CCc2cnc3scc[n+]3c21)/c1ccccc1. The van der Waals surface area contributed by atoms with Gasteiger partial charge in [-0.3, -0.25) is 0 Å². The van der Waals surface area contributed by atoms with E-state index in [9.17, 15) is 0 Å². The molecule has 2 nitrogen and oxygen atoms in total. The molecule has 0 fully saturated rings. The molecule has 3 aromatic rings. The van der Waals surface area contributed by atoms with Crippen molar-refractivity contribution in [2.24, 2.45) is 0 Å². The van der Waals surface area contributed by atoms with Crippen molar-refractivity contribution in [2.45, 2.75) is 12.8 Å². The van der Waals surface area contributed by atoms with Crippen LogP contribution in [0.4, 0.5) is 0 Å². The molecule has 0 saturated carbocycles. The lowest BCUT2D eigenvalue weighted by atomic mass is 10.1. The highest BCUT2D eigenvalue weighted by Crippen LogP contribution is 2.31. The van der Waals surface area contributed by atoms with E-state index in [1.165, 1.54) is 22.4 Å². The maximum absolute atomic E-state index is 4.51. The molecule has 0 unspecified atom stereocenters. The smallest absolute Gasteiger partial charge is 0.186 e. The molecule has 92 valence electrons. The van der Waals surface area contributed by atoms with Crippen LogP contribution in [0.3, 0.4) is 0 Å². The molecule has 0 N–H and O–H groups in total. The molecule has 0 atom stereocenters. The van der Waals surface area contributed by atoms with Gasteiger partial charge in [0.25, 0.3) is 0 Å². The van der Waals surface area contributed by atoms with Crippen LogP contribution in [-0.4, -0.2) is 4.98 Å². The topological polar surface area (TPSA) is 17.0 Å². The van der Waals surface area contributed by atoms with Crippen molar-refractivity contribution < 1.29 is 4.40 Å². The van der Waals surface area contributed by atoms with Gasteiger partial charge in [0, 0.05) is 16.5 Å². The van der Waals surface area contributed by atoms with Gasteiger partial charge in [-0.2, -0.15) is 4.40 Å². The van der Waals surface area contributed by atoms with Gasteiger partial charge in [0.05, 0.1) is 0 Å². The summed E-state index contributed by atoms with van der Waals surface area (Å²) >= 11 is 1.69. The number of benzene rings is 1. The van der Waals surface area contributed by atoms with Crippen LogP contribution >= 0.6 is 11.3 Å². The standard InChI is InChI=1S/C16H13N2S/c1-2-4-12(5-3-1)10-13-6-7-14-11-17-16-18(15(13)14)8-9-19-16/h1-5,8-11H,6-7H2/q+1/b13-10-. The summed E-state index contributed by atoms with van der Waals surface area (Å²) in [6.45, 7) is 0. The van der Waals surface area contributed by atoms with Gasteiger partial charge in [-0.25, -0.2) is 0 Å². The van der Waals surface area contributed by atoms with Crippen LogP contribution in [0, 0.1) is 0 Å². The molecule has 19 heavy (non-hydrogen) atoms. The average molecular weight is 265 g/mol. The summed E-state index contributed by atoms with van der Waals surface area (Å²) in [4.78, 5) is 5.58. The zero-order valence-electron chi connectivity index (χ0n) is 10.4. The number of hydrogen-bond acceptors (Lipinski definition) is 2. The number of allylic oxidation sites excluding steroid dienone is 1. The minimum Gasteiger partial charge on any atom is -0.186 e. The first-order chi connectivity index (χ1) is 9.42. The maximum atomic E-state index is 4.51. The minimum atomic E-state index is 1.07. The number of fused-ring (bicyclic) bond motifs is 3. The largest absolute Gasteiger partial charge is 0.387 e. The first-order valence-electron chi connectivity index (χ1n) is 6.44. The Hall–Kier alpha value is -2.00. The molecule has 1 aliphatic rings. The number of nitrogens with zero attached hydrogens (tertiary/aromatic N) is 2. The lowest BCUT2D eigenvalue weighted by molar-refractivity contribution is -0.513. The lowest BCUT2D eigenvalue weighted by Crippen LogP contribution is -2.24. The fraction of sp³-hybridized carbons (Fsp3) is 0.125. The van der Waals surface area contributed by atoms with E-state index in [1.54, 1.807) is 11.3 Å². The first-order valence-corrected chi connectivity index (χ1v) is 7.32. The van der Waals surface area contributed by atoms with Gasteiger partial charge in [0.15, 0.2) is 0 Å². The summed E-state index contributed by atoms with van der Waals surface area (Å²) in [5.74, 6) is 0. The summed E-state index contributed by atoms with van der Waals surface area (Å²) in [6, 6.07) is 10.5. The van der Waals surface area contributed by atoms with Crippen LogP contribution in [0.25, 0.3) is 16.6 Å². The van der Waals surface area contributed by atoms with Crippen LogP contribution in [0.15, 0.2) is 48.1 Å². The number of hydrogen-bond donors (Lipinski definition) is 0. The number of aromatic nitrogens is 2. The molecule has 1 aliphatic carbocycles. The highest BCUT2D eigenvalue weighted by molar-refractivity contribution is 7.14. The fourth-order valence-corrected chi connectivity index (χ4v) is 3.39. The third-order valence-electron chi connectivity index (χ3n) is 3.57. The Morgan fingerprint density at radius 1 is 1.16 bits per heavy atom. The highest BCUT2D eigenvalue weighted by Gasteiger charge is 2.25. The zero-order valence-corrected chi connectivity index (χ0v) is 11.2. The van der Waals surface area contributed by atoms with Crippen LogP contribution < -0.4 is 4.40 Å². The van der Waals surface area contributed by atoms with Gasteiger partial charge in [-0.05, 0) is 29.5 Å². The number of aryl methyl sites for hydroxylation is 1. The lowest BCUT2D eigenvalue weighted by Gasteiger charge is -1.99. The molecule has 0 radical (unpaired) electrons. The van der Waals surface area contributed by atoms with Gasteiger partial charge < -0.3 is 0 Å². The molecule has 4 rings (SSSR count). The van der Waals surface area contributed by atoms with E-state index in [2.05, 4.69) is 57.4 Å². The Morgan fingerprint density at radius 2 is 2.05 bits per heavy atom. The van der Waals surface area contributed by atoms with E-state index >= 15 is 0 Å². The van der Waals surface area contributed by atoms with Gasteiger partial charge >= 0.3 is 4.96 Å². The molecule has 0 aliphatic heterocycles. The molecule has 0 spiro atoms. The molecule has 2 aromatic heterocycles. The van der Waals surface area contributed by atoms with Crippen molar-refractivity contribution in [3.63, 3.8) is 0 Å². The van der Waals surface area contributed by atoms with Crippen molar-refractivity contribution >= 4 is 27.9 Å². The van der Waals surface area contributed by atoms with Crippen molar-refractivity contribution in [1.29, 1.82) is 0 Å². The molecule has 3 heteroatoms. The molecule has 0 bridgehead atoms. The van der Waals surface area contributed by atoms with Gasteiger partial charge in [0.2, 0.25) is 0 Å². The predicted molar refractivity (Wildman–Crippen MR) is 77.9 cm³/mol. The van der Waals surface area contributed by atoms with E-state index in [0.717, 1.165) is 17.8 Å². The molecule has 2 heterocycles. The van der Waals surface area contributed by atoms with Crippen molar-refractivity contribution in [3.05, 3.63) is 64.9 Å². The van der Waals surface area contributed by atoms with Crippen molar-refractivity contribution in [1.82, 2.24) is 4.98 Å². The highest BCUT2D eigenvalue weighted by atomic mass is 32.1. The predicted octanol–water partition coefficient (Wildman–Crippen LogP) is 3.37. The van der Waals surface area contributed by atoms with E-state index in [1.807, 2.05) is 6.20 Å². The Morgan fingerprint density at radius 3 is 2.95 bits per heavy atom. The minimum absolute atomic E-state index is 1.07. The average Bonchev–Trinajstić information content (AvgIpc) is 3.06. The van der Waals surface area contributed by atoms with E-state index in [4.69, 9.17) is 0 Å². The quantitative estimate of drug-likeness (QED) is 0.617. The van der Waals surface area contributed by atoms with Gasteiger partial charge in [-0.15, -0.1) is 0 Å². The second-order valence-corrected chi connectivity index (χ2v) is 5.64. The summed E-state index contributed by atoms with van der Waals surface area (Å²) in [6.07, 6.45) is 8.66. The normalized spacial score (nSPS) is 16.1. The van der Waals surface area contributed by atoms with Crippen molar-refractivity contribution in [2.75, 3.05) is 0 Å². The van der Waals surface area contributed by atoms with E-state index in [-0.39, 0.29) is 0 Å². The maximum Gasteiger partial charge on any atom is 0.387 e. The second kappa shape index (κ2) is 4.28. The summed E-state index contributed by atoms with van der Waals surface area (Å²) in [7, 11) is 0. The van der Waals surface area contributed by atoms with Crippen molar-refractivity contribution in [3.8, 4) is 0 Å². The van der Waals surface area contributed by atoms with E-state index in [0.29, 0.717) is 0 Å². The van der Waals surface area contributed by atoms with Gasteiger partial charge in [-0.1, -0.05) is 41.7 Å². The van der Waals surface area contributed by atoms with Crippen LogP contribution in [0.5, 0.6) is 0 Å². The Bertz CT molecular complexity index is 772. The Kier molecular flexibility index (Phi) is 2.45. The molecular formula is C16H13N2S+. The van der Waals surface area contributed by atoms with E-state index < -0.39 is 0 Å². The first kappa shape index (κ1) is 10.9. The second-order valence-electron chi connectivity index (χ2n) is 4.77. The van der Waals surface area contributed by atoms with Crippen LogP contribution in [-0.2, 0) is 6.42 Å². The monoisotopic (exact) mass is 265 g/mol. The fourth-order valence-electron chi connectivity index (χ4n) is 2.71. The van der Waals surface area contributed by atoms with Crippen LogP contribution in [0.1, 0.15) is 23.2 Å². The third kappa shape index (κ3) is 1.78. The summed E-state index contributed by atoms with van der Waals surface area (Å²) in [5, 5.41) is 2.10. The molecule has 0 amide bonds. The summed E-state index contributed by atoms with van der Waals surface area (Å²) < 4.78 is 2.22. The third-order valence-corrected chi connectivity index (χ3v) is 4.34. The molecule has 0 saturated heterocycles. The Balaban J connectivity index is 1.92. The van der Waals surface area contributed by atoms with Crippen LogP contribution in [0.2, 0.25) is 0 Å².